The maximum Gasteiger partial charge on any atom is 0.333 e. The zero-order valence-electron chi connectivity index (χ0n) is 23.6. The van der Waals surface area contributed by atoms with Gasteiger partial charge in [-0.05, 0) is 32.8 Å². The predicted molar refractivity (Wildman–Crippen MR) is 136 cm³/mol. The number of Topliss-reactive ketones (excluding diaryl/α,β-unsaturated/α-hetero) is 1. The van der Waals surface area contributed by atoms with Gasteiger partial charge in [0.15, 0.2) is 17.0 Å². The number of rotatable bonds is 6. The summed E-state index contributed by atoms with van der Waals surface area (Å²) in [5.41, 5.74) is -7.82. The zero-order chi connectivity index (χ0) is 29.1. The molecule has 1 aliphatic heterocycles. The van der Waals surface area contributed by atoms with Crippen molar-refractivity contribution in [1.82, 2.24) is 0 Å². The fourth-order valence-corrected chi connectivity index (χ4v) is 8.44. The van der Waals surface area contributed by atoms with E-state index in [0.29, 0.717) is 12.0 Å². The number of carbonyl (C=O) groups excluding carboxylic acids is 3. The van der Waals surface area contributed by atoms with Crippen molar-refractivity contribution < 1.29 is 49.0 Å². The summed E-state index contributed by atoms with van der Waals surface area (Å²) in [7, 11) is 0. The molecule has 3 saturated carbocycles. The van der Waals surface area contributed by atoms with Crippen LogP contribution in [0.5, 0.6) is 0 Å². The van der Waals surface area contributed by atoms with Gasteiger partial charge in [-0.15, -0.1) is 0 Å². The van der Waals surface area contributed by atoms with E-state index < -0.39 is 94.1 Å². The molecule has 39 heavy (non-hydrogen) atoms. The van der Waals surface area contributed by atoms with Crippen LogP contribution in [-0.4, -0.2) is 85.5 Å². The Balaban J connectivity index is 1.74. The molecular weight excluding hydrogens is 508 g/mol. The number of allylic oxidation sites excluding steroid dienone is 1. The topological polar surface area (TPSA) is 163 Å². The van der Waals surface area contributed by atoms with E-state index in [-0.39, 0.29) is 12.0 Å². The molecule has 11 atom stereocenters. The summed E-state index contributed by atoms with van der Waals surface area (Å²) >= 11 is 0. The third-order valence-corrected chi connectivity index (χ3v) is 10.7. The molecule has 7 unspecified atom stereocenters. The summed E-state index contributed by atoms with van der Waals surface area (Å²) in [6.45, 7) is 11.3. The van der Waals surface area contributed by atoms with Crippen LogP contribution in [0.1, 0.15) is 61.3 Å². The van der Waals surface area contributed by atoms with E-state index in [2.05, 4.69) is 0 Å². The Bertz CT molecular complexity index is 1190. The average Bonchev–Trinajstić information content (AvgIpc) is 3.71. The van der Waals surface area contributed by atoms with E-state index in [1.165, 1.54) is 13.0 Å². The first-order valence-electron chi connectivity index (χ1n) is 13.8. The summed E-state index contributed by atoms with van der Waals surface area (Å²) in [5, 5.41) is 46.6. The molecule has 0 bridgehead atoms. The highest BCUT2D eigenvalue weighted by atomic mass is 16.6. The van der Waals surface area contributed by atoms with Gasteiger partial charge in [-0.25, -0.2) is 4.79 Å². The van der Waals surface area contributed by atoms with Gasteiger partial charge in [-0.1, -0.05) is 39.8 Å². The number of aliphatic hydroxyl groups excluding tert-OH is 2. The summed E-state index contributed by atoms with van der Waals surface area (Å²) in [5.74, 6) is -5.69. The lowest BCUT2D eigenvalue weighted by Crippen LogP contribution is -2.69. The van der Waals surface area contributed by atoms with Crippen molar-refractivity contribution in [2.24, 2.45) is 29.1 Å². The van der Waals surface area contributed by atoms with E-state index in [4.69, 9.17) is 14.2 Å². The zero-order valence-corrected chi connectivity index (χ0v) is 23.6. The van der Waals surface area contributed by atoms with Crippen LogP contribution in [0, 0.1) is 29.1 Å². The normalized spacial score (nSPS) is 49.0. The Hall–Kier alpha value is -2.11. The number of aliphatic hydroxyl groups is 4. The quantitative estimate of drug-likeness (QED) is 0.214. The lowest BCUT2D eigenvalue weighted by molar-refractivity contribution is -0.244. The Morgan fingerprint density at radius 2 is 1.87 bits per heavy atom. The first kappa shape index (κ1) is 28.4. The third-order valence-electron chi connectivity index (χ3n) is 10.7. The molecule has 4 fully saturated rings. The minimum atomic E-state index is -2.48. The van der Waals surface area contributed by atoms with Crippen molar-refractivity contribution in [2.75, 3.05) is 6.61 Å². The lowest BCUT2D eigenvalue weighted by atomic mass is 9.58. The summed E-state index contributed by atoms with van der Waals surface area (Å²) < 4.78 is 18.2. The van der Waals surface area contributed by atoms with E-state index in [0.717, 1.165) is 0 Å². The molecule has 1 saturated heterocycles. The smallest absolute Gasteiger partial charge is 0.333 e. The predicted octanol–water partition coefficient (Wildman–Crippen LogP) is 0.980. The number of epoxide rings is 1. The third kappa shape index (κ3) is 3.12. The molecule has 5 aliphatic rings. The van der Waals surface area contributed by atoms with Gasteiger partial charge in [0.1, 0.15) is 17.8 Å². The van der Waals surface area contributed by atoms with Crippen molar-refractivity contribution >= 4 is 17.7 Å². The highest BCUT2D eigenvalue weighted by Crippen LogP contribution is 2.79. The summed E-state index contributed by atoms with van der Waals surface area (Å²) in [6, 6.07) is 0. The van der Waals surface area contributed by atoms with Crippen molar-refractivity contribution in [1.29, 1.82) is 0 Å². The van der Waals surface area contributed by atoms with Gasteiger partial charge < -0.3 is 34.6 Å². The van der Waals surface area contributed by atoms with Crippen LogP contribution < -0.4 is 0 Å². The van der Waals surface area contributed by atoms with Crippen LogP contribution in [0.2, 0.25) is 0 Å². The van der Waals surface area contributed by atoms with Crippen molar-refractivity contribution in [3.8, 4) is 0 Å². The van der Waals surface area contributed by atoms with E-state index in [1.807, 2.05) is 20.8 Å². The maximum absolute atomic E-state index is 13.4. The Morgan fingerprint density at radius 1 is 1.23 bits per heavy atom. The lowest BCUT2D eigenvalue weighted by Gasteiger charge is -2.53. The molecule has 4 aliphatic carbocycles. The molecule has 0 aromatic heterocycles. The second-order valence-corrected chi connectivity index (χ2v) is 12.8. The van der Waals surface area contributed by atoms with Crippen molar-refractivity contribution in [2.45, 2.75) is 102 Å². The molecular formula is C29H40O10. The van der Waals surface area contributed by atoms with Gasteiger partial charge in [-0.2, -0.15) is 0 Å². The Morgan fingerprint density at radius 3 is 2.44 bits per heavy atom. The molecule has 10 heteroatoms. The minimum absolute atomic E-state index is 0.139. The van der Waals surface area contributed by atoms with Gasteiger partial charge in [0.2, 0.25) is 0 Å². The van der Waals surface area contributed by atoms with Crippen molar-refractivity contribution in [3.63, 3.8) is 0 Å². The second-order valence-electron chi connectivity index (χ2n) is 12.8. The number of carbonyl (C=O) groups is 3. The molecule has 0 aromatic carbocycles. The van der Waals surface area contributed by atoms with Crippen LogP contribution in [0.4, 0.5) is 0 Å². The van der Waals surface area contributed by atoms with Crippen molar-refractivity contribution in [3.05, 3.63) is 23.3 Å². The second kappa shape index (κ2) is 8.45. The van der Waals surface area contributed by atoms with Gasteiger partial charge in [0.05, 0.1) is 18.3 Å². The first-order chi connectivity index (χ1) is 18.1. The number of hydrogen-bond donors (Lipinski definition) is 4. The van der Waals surface area contributed by atoms with Gasteiger partial charge >= 0.3 is 11.9 Å². The van der Waals surface area contributed by atoms with Gasteiger partial charge in [0.25, 0.3) is 0 Å². The van der Waals surface area contributed by atoms with Crippen LogP contribution in [0.3, 0.4) is 0 Å². The Kier molecular flexibility index (Phi) is 6.16. The number of ether oxygens (including phenoxy) is 3. The highest BCUT2D eigenvalue weighted by molar-refractivity contribution is 6.05. The molecule has 1 heterocycles. The number of esters is 2. The van der Waals surface area contributed by atoms with Crippen LogP contribution >= 0.6 is 0 Å². The Labute approximate surface area is 228 Å². The van der Waals surface area contributed by atoms with Crippen LogP contribution in [0.15, 0.2) is 23.3 Å². The fraction of sp³-hybridized carbons (Fsp3) is 0.759. The molecule has 0 spiro atoms. The number of fused-ring (bicyclic) bond motifs is 7. The SMILES string of the molecule is C/C=C(\C)C(=O)OC1[C@@H](C)C2(O)[C@@H]3C=C(C)C(=O)C3(O)C(O)C3(CO)OC3[C@H]2[C@H]2C(C)(C)C12OC(=O)CCC. The summed E-state index contributed by atoms with van der Waals surface area (Å²) in [6.07, 6.45) is -0.197. The largest absolute Gasteiger partial charge is 0.454 e. The molecule has 0 radical (unpaired) electrons. The molecule has 4 N–H and O–H groups in total. The fourth-order valence-electron chi connectivity index (χ4n) is 8.44. The van der Waals surface area contributed by atoms with E-state index in [1.54, 1.807) is 26.8 Å². The molecule has 0 aromatic rings. The minimum Gasteiger partial charge on any atom is -0.454 e. The van der Waals surface area contributed by atoms with Gasteiger partial charge in [0, 0.05) is 41.1 Å². The maximum atomic E-state index is 13.4. The van der Waals surface area contributed by atoms with Gasteiger partial charge in [-0.3, -0.25) is 9.59 Å². The average molecular weight is 549 g/mol. The van der Waals surface area contributed by atoms with Crippen LogP contribution in [0.25, 0.3) is 0 Å². The molecule has 0 amide bonds. The number of ketones is 1. The van der Waals surface area contributed by atoms with E-state index in [9.17, 15) is 34.8 Å². The summed E-state index contributed by atoms with van der Waals surface area (Å²) in [4.78, 5) is 39.5. The molecule has 216 valence electrons. The standard InChI is InChI=1S/C29H40O10/c1-8-10-17(31)38-29-19(25(29,6)7)18-22-26(12-30,39-22)24(34)28(36)16(11-14(4)20(28)32)27(18,35)15(5)21(29)37-23(33)13(3)9-2/h9,11,15-16,18-19,21-22,24,30,34-36H,8,10,12H2,1-7H3/b13-9+/t15-,16+,18-,19+,21?,22?,24?,26?,27?,28?,29?/m1/s1. The number of hydrogen-bond acceptors (Lipinski definition) is 10. The van der Waals surface area contributed by atoms with Crippen LogP contribution in [-0.2, 0) is 28.6 Å². The monoisotopic (exact) mass is 548 g/mol. The molecule has 5 rings (SSSR count). The highest BCUT2D eigenvalue weighted by Gasteiger charge is 2.93. The molecule has 10 nitrogen and oxygen atoms in total. The first-order valence-corrected chi connectivity index (χ1v) is 13.8. The van der Waals surface area contributed by atoms with E-state index >= 15 is 0 Å².